The number of nitriles is 1. The number of fused-ring (bicyclic) bond motifs is 4. The van der Waals surface area contributed by atoms with Gasteiger partial charge in [0.15, 0.2) is 46.0 Å². The van der Waals surface area contributed by atoms with Gasteiger partial charge >= 0.3 is 0 Å². The maximum absolute atomic E-state index is 13.4. The summed E-state index contributed by atoms with van der Waals surface area (Å²) in [6.45, 7) is 7.28. The second kappa shape index (κ2) is 36.2. The highest BCUT2D eigenvalue weighted by molar-refractivity contribution is 7.89. The molecule has 662 valence electrons. The summed E-state index contributed by atoms with van der Waals surface area (Å²) < 4.78 is 98.8. The first kappa shape index (κ1) is 85.9. The summed E-state index contributed by atoms with van der Waals surface area (Å²) in [4.78, 5) is 74.6. The fourth-order valence-corrected chi connectivity index (χ4v) is 20.4. The van der Waals surface area contributed by atoms with Crippen molar-refractivity contribution in [2.45, 2.75) is 135 Å². The topological polar surface area (TPSA) is 316 Å². The largest absolute Gasteiger partial charge is 0.454 e. The van der Waals surface area contributed by atoms with Crippen molar-refractivity contribution in [2.24, 2.45) is 0 Å². The number of nitrogens with one attached hydrogen (secondary N) is 2. The van der Waals surface area contributed by atoms with Gasteiger partial charge in [-0.2, -0.15) is 9.57 Å². The lowest BCUT2D eigenvalue weighted by Crippen LogP contribution is -2.33. The predicted octanol–water partition coefficient (Wildman–Crippen LogP) is 16.7. The van der Waals surface area contributed by atoms with Gasteiger partial charge in [-0.1, -0.05) is 109 Å². The number of nitrogens with zero attached hydrogens (tertiary/aromatic N) is 7. The summed E-state index contributed by atoms with van der Waals surface area (Å²) in [6.07, 6.45) is 11.5. The van der Waals surface area contributed by atoms with Crippen LogP contribution >= 0.6 is 0 Å². The van der Waals surface area contributed by atoms with Crippen LogP contribution in [0.5, 0.6) is 46.0 Å². The molecule has 0 radical (unpaired) electrons. The van der Waals surface area contributed by atoms with E-state index in [2.05, 4.69) is 50.0 Å². The number of Topliss-reactive ketones (excluding diaryl/α,β-unsaturated/α-hetero) is 3. The van der Waals surface area contributed by atoms with Gasteiger partial charge < -0.3 is 48.1 Å². The van der Waals surface area contributed by atoms with E-state index in [1.54, 1.807) is 58.9 Å². The third kappa shape index (κ3) is 18.4. The molecule has 2 N–H and O–H groups in total. The Morgan fingerprint density at radius 3 is 1.18 bits per heavy atom. The standard InChI is InChI=1S/C29H31N3O5S.C27H26N2O5S.C24H18N2O3.C23H20N2O3.H2/c33-28(29(12-13-29)22-8-11-26-27(18-22)37-20-36-26)19-23-4-3-5-25(31-23)21-6-9-24(10-7-21)38(34,35)30-14-17-32-15-1-2-16-32;30-26(27(12-13-27)20-8-11-24-25(16-20)34-18-33-24)17-21-4-3-5-23(28-21)19-6-9-22(10-7-19)35(31,32)29-14-1-2-15-29;25-14-16-3-1-4-17(11-16)20-6-2-5-19(26-20)13-23(27)24(9-10-24)18-7-8-21-22(12-18)29-15-28-21;1-15-4-2-5-16(12-15)18-6-3-7-21(24-18)25-22(26)23(10-11-23)17-8-9-19-20(13-17)28-14-27-19;/h3-11,18,30H,1-2,12-17,19-20H2;3-11,16H,1-2,12-15,17-18H2;1-8,11-12H,9-10,13,15H2;2-9,12-13H,10-11,14H2,1H3,(H,24,25,26);1H. The van der Waals surface area contributed by atoms with Gasteiger partial charge in [0, 0.05) is 86.2 Å². The number of ether oxygens (including phenoxy) is 8. The normalized spacial score (nSPS) is 17.1. The van der Waals surface area contributed by atoms with E-state index < -0.39 is 41.7 Å². The van der Waals surface area contributed by atoms with Gasteiger partial charge in [0.1, 0.15) is 23.2 Å². The van der Waals surface area contributed by atoms with Crippen LogP contribution in [-0.2, 0) is 80.1 Å². The highest BCUT2D eigenvalue weighted by Crippen LogP contribution is 2.56. The molecule has 4 aliphatic carbocycles. The molecule has 0 spiro atoms. The number of anilines is 1. The number of sulfonamides is 2. The molecule has 6 fully saturated rings. The first-order valence-corrected chi connectivity index (χ1v) is 47.0. The molecule has 6 aliphatic heterocycles. The highest BCUT2D eigenvalue weighted by atomic mass is 32.2. The molecular formula is C103H97N9O16S2. The second-order valence-electron chi connectivity index (χ2n) is 34.5. The van der Waals surface area contributed by atoms with Crippen LogP contribution in [0.15, 0.2) is 252 Å². The molecule has 8 aromatic carbocycles. The van der Waals surface area contributed by atoms with E-state index in [0.717, 1.165) is 157 Å². The number of ketones is 3. The average Bonchev–Trinajstić information content (AvgIpc) is 1.60. The number of benzene rings is 8. The van der Waals surface area contributed by atoms with Gasteiger partial charge in [0.2, 0.25) is 53.1 Å². The first-order valence-electron chi connectivity index (χ1n) is 44.1. The van der Waals surface area contributed by atoms with Crippen LogP contribution in [-0.4, -0.2) is 136 Å². The third-order valence-corrected chi connectivity index (χ3v) is 29.4. The van der Waals surface area contributed by atoms with Crippen molar-refractivity contribution in [1.82, 2.24) is 33.9 Å². The first-order chi connectivity index (χ1) is 63.2. The van der Waals surface area contributed by atoms with Crippen molar-refractivity contribution in [1.29, 1.82) is 5.26 Å². The SMILES string of the molecule is Cc1cccc(-c2cccc(NC(=O)C3(c4ccc5c(c4)OCO5)CC3)n2)c1.N#Cc1cccc(-c2cccc(CC(=O)C3(c4ccc5c(c4)OCO5)CC3)n2)c1.O=C(Cc1cccc(-c2ccc(S(=O)(=O)N3CCCC3)cc2)n1)C1(c2ccc3c(c2)OCO3)CC1.O=C(Cc1cccc(-c2ccc(S(=O)(=O)NCCN3CCCC3)cc2)n1)C1(c2ccc3c(c2)OCO3)CC1.[HH]. The van der Waals surface area contributed by atoms with Crippen LogP contribution in [0.2, 0.25) is 0 Å². The van der Waals surface area contributed by atoms with Crippen molar-refractivity contribution < 1.29 is 75.3 Å². The lowest BCUT2D eigenvalue weighted by atomic mass is 9.88. The van der Waals surface area contributed by atoms with Crippen molar-refractivity contribution in [2.75, 3.05) is 71.8 Å². The Balaban J connectivity index is 0.000000118. The summed E-state index contributed by atoms with van der Waals surface area (Å²) in [5.41, 5.74) is 12.4. The monoisotopic (exact) mass is 1780 g/mol. The number of pyridine rings is 4. The van der Waals surface area contributed by atoms with Gasteiger partial charge in [0.25, 0.3) is 0 Å². The predicted molar refractivity (Wildman–Crippen MR) is 488 cm³/mol. The molecule has 0 unspecified atom stereocenters. The number of amides is 1. The number of rotatable bonds is 26. The molecule has 0 atom stereocenters. The van der Waals surface area contributed by atoms with Crippen molar-refractivity contribution >= 4 is 49.1 Å². The maximum atomic E-state index is 13.4. The van der Waals surface area contributed by atoms with Crippen molar-refractivity contribution in [3.05, 3.63) is 293 Å². The average molecular weight is 1780 g/mol. The van der Waals surface area contributed by atoms with E-state index in [0.29, 0.717) is 93.2 Å². The molecule has 25 nitrogen and oxygen atoms in total. The molecular weight excluding hydrogens is 1680 g/mol. The molecule has 0 bridgehead atoms. The van der Waals surface area contributed by atoms with Crippen LogP contribution < -0.4 is 47.9 Å². The number of aromatic nitrogens is 4. The van der Waals surface area contributed by atoms with Crippen LogP contribution in [0.3, 0.4) is 0 Å². The summed E-state index contributed by atoms with van der Waals surface area (Å²) in [7, 11) is -7.02. The van der Waals surface area contributed by atoms with Crippen LogP contribution in [0.25, 0.3) is 45.0 Å². The maximum Gasteiger partial charge on any atom is 0.243 e. The molecule has 10 heterocycles. The van der Waals surface area contributed by atoms with Crippen molar-refractivity contribution in [3.63, 3.8) is 0 Å². The van der Waals surface area contributed by atoms with Crippen LogP contribution in [0.4, 0.5) is 5.82 Å². The van der Waals surface area contributed by atoms with Gasteiger partial charge in [-0.3, -0.25) is 34.1 Å². The zero-order chi connectivity index (χ0) is 89.2. The molecule has 130 heavy (non-hydrogen) atoms. The molecule has 4 aromatic heterocycles. The van der Waals surface area contributed by atoms with E-state index in [4.69, 9.17) is 53.1 Å². The fourth-order valence-electron chi connectivity index (χ4n) is 17.9. The van der Waals surface area contributed by atoms with E-state index in [1.165, 1.54) is 18.4 Å². The molecule has 12 aromatic rings. The molecule has 22 rings (SSSR count). The Bertz CT molecular complexity index is 6660. The van der Waals surface area contributed by atoms with Gasteiger partial charge in [-0.05, 0) is 259 Å². The fraction of sp³-hybridized carbons (Fsp3) is 0.291. The second-order valence-corrected chi connectivity index (χ2v) is 38.2. The lowest BCUT2D eigenvalue weighted by molar-refractivity contribution is -0.121. The van der Waals surface area contributed by atoms with Crippen LogP contribution in [0.1, 0.15) is 129 Å². The van der Waals surface area contributed by atoms with E-state index in [-0.39, 0.29) is 76.0 Å². The van der Waals surface area contributed by atoms with E-state index >= 15 is 0 Å². The number of likely N-dealkylation sites (tertiary alicyclic amines) is 1. The summed E-state index contributed by atoms with van der Waals surface area (Å²) in [6, 6.07) is 76.9. The Hall–Kier alpha value is -13.5. The molecule has 1 amide bonds. The quantitative estimate of drug-likeness (QED) is 0.0509. The van der Waals surface area contributed by atoms with Crippen molar-refractivity contribution in [3.8, 4) is 97.1 Å². The zero-order valence-electron chi connectivity index (χ0n) is 71.8. The Morgan fingerprint density at radius 1 is 0.392 bits per heavy atom. The number of carbonyl (C=O) groups is 4. The van der Waals surface area contributed by atoms with Gasteiger partial charge in [0.05, 0.1) is 65.9 Å². The highest BCUT2D eigenvalue weighted by Gasteiger charge is 2.55. The van der Waals surface area contributed by atoms with E-state index in [9.17, 15) is 36.0 Å². The van der Waals surface area contributed by atoms with Gasteiger partial charge in [-0.25, -0.2) is 26.5 Å². The number of carbonyl (C=O) groups excluding carboxylic acids is 4. The van der Waals surface area contributed by atoms with Gasteiger partial charge in [-0.15, -0.1) is 0 Å². The molecule has 10 aliphatic rings. The summed E-state index contributed by atoms with van der Waals surface area (Å²) in [5, 5.41) is 12.1. The summed E-state index contributed by atoms with van der Waals surface area (Å²) >= 11 is 0. The minimum atomic E-state index is -3.57. The number of hydrogen-bond donors (Lipinski definition) is 2. The Morgan fingerprint density at radius 2 is 0.762 bits per heavy atom. The van der Waals surface area contributed by atoms with Crippen LogP contribution in [0, 0.1) is 18.3 Å². The molecule has 2 saturated heterocycles. The minimum absolute atomic E-state index is 0. The number of hydrogen-bond acceptors (Lipinski definition) is 22. The smallest absolute Gasteiger partial charge is 0.243 e. The summed E-state index contributed by atoms with van der Waals surface area (Å²) in [5.74, 6) is 6.67. The lowest BCUT2D eigenvalue weighted by Gasteiger charge is -2.16. The molecule has 4 saturated carbocycles. The zero-order valence-corrected chi connectivity index (χ0v) is 73.4. The Labute approximate surface area is 755 Å². The molecule has 27 heteroatoms. The Kier molecular flexibility index (Phi) is 23.9. The number of aryl methyl sites for hydroxylation is 1. The van der Waals surface area contributed by atoms with E-state index in [1.807, 2.05) is 176 Å². The minimum Gasteiger partial charge on any atom is -0.454 e. The third-order valence-electron chi connectivity index (χ3n) is 26.0.